The zero-order valence-corrected chi connectivity index (χ0v) is 18.4. The molecule has 1 aromatic heterocycles. The monoisotopic (exact) mass is 441 g/mol. The second-order valence-corrected chi connectivity index (χ2v) is 8.24. The summed E-state index contributed by atoms with van der Waals surface area (Å²) in [6, 6.07) is 10.8. The molecule has 1 atom stereocenters. The molecule has 1 saturated heterocycles. The minimum atomic E-state index is -1.26. The maximum Gasteiger partial charge on any atom is 0.328 e. The number of aromatic nitrogens is 1. The van der Waals surface area contributed by atoms with E-state index in [2.05, 4.69) is 51.6 Å². The van der Waals surface area contributed by atoms with Crippen LogP contribution in [0.1, 0.15) is 38.3 Å². The standard InChI is InChI=1S/C20H27N3O.C4H4O4/c1-16(21-10-6-2-3-7-11-21)20(24)22-12-13-23-18(15-22)14-17-8-4-5-9-19(17)23;5-3(6)1-2-4(7)8/h4-5,8-9,14,16H,2-3,6-7,10-13,15H2,1H3;1-2H,(H,5,6)(H,7,8). The smallest absolute Gasteiger partial charge is 0.328 e. The predicted molar refractivity (Wildman–Crippen MR) is 121 cm³/mol. The number of carbonyl (C=O) groups excluding carboxylic acids is 1. The Kier molecular flexibility index (Phi) is 8.05. The number of hydrogen-bond donors (Lipinski definition) is 2. The van der Waals surface area contributed by atoms with Crippen LogP contribution in [0.4, 0.5) is 0 Å². The van der Waals surface area contributed by atoms with E-state index in [1.54, 1.807) is 0 Å². The number of fused-ring (bicyclic) bond motifs is 3. The molecule has 2 aromatic rings. The van der Waals surface area contributed by atoms with Crippen molar-refractivity contribution in [2.45, 2.75) is 51.7 Å². The van der Waals surface area contributed by atoms with Crippen molar-refractivity contribution in [2.75, 3.05) is 19.6 Å². The number of carbonyl (C=O) groups is 3. The quantitative estimate of drug-likeness (QED) is 0.707. The number of carboxylic acids is 2. The fourth-order valence-electron chi connectivity index (χ4n) is 4.39. The van der Waals surface area contributed by atoms with E-state index in [0.29, 0.717) is 18.1 Å². The van der Waals surface area contributed by atoms with E-state index in [-0.39, 0.29) is 6.04 Å². The second kappa shape index (κ2) is 10.9. The highest BCUT2D eigenvalue weighted by molar-refractivity contribution is 5.89. The van der Waals surface area contributed by atoms with Gasteiger partial charge in [-0.15, -0.1) is 0 Å². The lowest BCUT2D eigenvalue weighted by atomic mass is 10.2. The van der Waals surface area contributed by atoms with E-state index in [9.17, 15) is 14.4 Å². The van der Waals surface area contributed by atoms with Crippen molar-refractivity contribution in [1.29, 1.82) is 0 Å². The number of para-hydroxylation sites is 1. The van der Waals surface area contributed by atoms with Gasteiger partial charge in [0.25, 0.3) is 0 Å². The zero-order chi connectivity index (χ0) is 23.1. The molecule has 1 aromatic carbocycles. The molecule has 0 aliphatic carbocycles. The zero-order valence-electron chi connectivity index (χ0n) is 18.4. The van der Waals surface area contributed by atoms with Gasteiger partial charge in [-0.25, -0.2) is 9.59 Å². The first-order valence-corrected chi connectivity index (χ1v) is 11.1. The van der Waals surface area contributed by atoms with Gasteiger partial charge in [0.05, 0.1) is 12.6 Å². The van der Waals surface area contributed by atoms with Gasteiger partial charge < -0.3 is 19.7 Å². The minimum absolute atomic E-state index is 0.0130. The minimum Gasteiger partial charge on any atom is -0.478 e. The van der Waals surface area contributed by atoms with Crippen molar-refractivity contribution in [3.8, 4) is 0 Å². The molecule has 0 bridgehead atoms. The molecule has 2 aliphatic heterocycles. The molecule has 8 heteroatoms. The lowest BCUT2D eigenvalue weighted by Crippen LogP contribution is -2.49. The Morgan fingerprint density at radius 3 is 2.16 bits per heavy atom. The molecule has 0 radical (unpaired) electrons. The van der Waals surface area contributed by atoms with Gasteiger partial charge in [0.2, 0.25) is 5.91 Å². The fraction of sp³-hybridized carbons (Fsp3) is 0.458. The Balaban J connectivity index is 0.000000312. The van der Waals surface area contributed by atoms with E-state index in [1.807, 2.05) is 0 Å². The maximum absolute atomic E-state index is 13.0. The van der Waals surface area contributed by atoms with Crippen molar-refractivity contribution in [2.24, 2.45) is 0 Å². The summed E-state index contributed by atoms with van der Waals surface area (Å²) in [5, 5.41) is 16.9. The average Bonchev–Trinajstić information content (AvgIpc) is 2.94. The van der Waals surface area contributed by atoms with Crippen LogP contribution >= 0.6 is 0 Å². The van der Waals surface area contributed by atoms with Gasteiger partial charge in [-0.05, 0) is 50.4 Å². The van der Waals surface area contributed by atoms with Crippen molar-refractivity contribution < 1.29 is 24.6 Å². The van der Waals surface area contributed by atoms with E-state index in [1.165, 1.54) is 42.3 Å². The van der Waals surface area contributed by atoms with E-state index in [4.69, 9.17) is 10.2 Å². The summed E-state index contributed by atoms with van der Waals surface area (Å²) < 4.78 is 2.37. The highest BCUT2D eigenvalue weighted by Gasteiger charge is 2.29. The Bertz CT molecular complexity index is 973. The second-order valence-electron chi connectivity index (χ2n) is 8.24. The third-order valence-electron chi connectivity index (χ3n) is 6.07. The first-order valence-electron chi connectivity index (χ1n) is 11.1. The average molecular weight is 442 g/mol. The number of nitrogens with zero attached hydrogens (tertiary/aromatic N) is 3. The highest BCUT2D eigenvalue weighted by atomic mass is 16.4. The maximum atomic E-state index is 13.0. The summed E-state index contributed by atoms with van der Waals surface area (Å²) in [6.45, 7) is 6.70. The van der Waals surface area contributed by atoms with Crippen LogP contribution in [0.3, 0.4) is 0 Å². The largest absolute Gasteiger partial charge is 0.478 e. The number of aliphatic carboxylic acids is 2. The SMILES string of the molecule is CC(C(=O)N1CCn2c(cc3ccccc32)C1)N1CCCCCC1.O=C(O)C=CC(=O)O. The summed E-state index contributed by atoms with van der Waals surface area (Å²) in [7, 11) is 0. The van der Waals surface area contributed by atoms with Gasteiger partial charge in [-0.2, -0.15) is 0 Å². The molecule has 1 fully saturated rings. The Labute approximate surface area is 187 Å². The van der Waals surface area contributed by atoms with Crippen molar-refractivity contribution in [3.63, 3.8) is 0 Å². The normalized spacial score (nSPS) is 17.8. The molecule has 172 valence electrons. The van der Waals surface area contributed by atoms with Crippen LogP contribution in [-0.4, -0.2) is 68.1 Å². The van der Waals surface area contributed by atoms with Crippen LogP contribution in [0.5, 0.6) is 0 Å². The van der Waals surface area contributed by atoms with Crippen molar-refractivity contribution >= 4 is 28.7 Å². The molecule has 2 N–H and O–H groups in total. The van der Waals surface area contributed by atoms with Crippen LogP contribution in [0.25, 0.3) is 10.9 Å². The molecule has 2 aliphatic rings. The molecule has 3 heterocycles. The Morgan fingerprint density at radius 1 is 0.906 bits per heavy atom. The van der Waals surface area contributed by atoms with Crippen LogP contribution in [-0.2, 0) is 27.5 Å². The lowest BCUT2D eigenvalue weighted by molar-refractivity contribution is -0.138. The summed E-state index contributed by atoms with van der Waals surface area (Å²) in [6.07, 6.45) is 6.19. The fourth-order valence-corrected chi connectivity index (χ4v) is 4.39. The number of amides is 1. The molecule has 0 saturated carbocycles. The number of rotatable bonds is 4. The van der Waals surface area contributed by atoms with Crippen molar-refractivity contribution in [1.82, 2.24) is 14.4 Å². The van der Waals surface area contributed by atoms with Gasteiger partial charge in [0.1, 0.15) is 0 Å². The van der Waals surface area contributed by atoms with Gasteiger partial charge in [-0.3, -0.25) is 9.69 Å². The van der Waals surface area contributed by atoms with Crippen LogP contribution in [0.2, 0.25) is 0 Å². The van der Waals surface area contributed by atoms with Gasteiger partial charge >= 0.3 is 11.9 Å². The summed E-state index contributed by atoms with van der Waals surface area (Å²) in [5.74, 6) is -2.21. The molecule has 1 amide bonds. The van der Waals surface area contributed by atoms with Crippen molar-refractivity contribution in [3.05, 3.63) is 48.2 Å². The van der Waals surface area contributed by atoms with Crippen LogP contribution < -0.4 is 0 Å². The summed E-state index contributed by atoms with van der Waals surface area (Å²) in [4.78, 5) is 36.6. The highest BCUT2D eigenvalue weighted by Crippen LogP contribution is 2.25. The number of carboxylic acid groups (broad SMARTS) is 2. The Morgan fingerprint density at radius 2 is 1.53 bits per heavy atom. The molecular formula is C24H31N3O5. The lowest BCUT2D eigenvalue weighted by Gasteiger charge is -2.34. The van der Waals surface area contributed by atoms with Gasteiger partial charge in [0.15, 0.2) is 0 Å². The first kappa shape index (κ1) is 23.5. The molecule has 4 rings (SSSR count). The van der Waals surface area contributed by atoms with Crippen LogP contribution in [0, 0.1) is 0 Å². The number of benzene rings is 1. The molecule has 1 unspecified atom stereocenters. The summed E-state index contributed by atoms with van der Waals surface area (Å²) in [5.41, 5.74) is 2.55. The van der Waals surface area contributed by atoms with E-state index in [0.717, 1.165) is 32.7 Å². The van der Waals surface area contributed by atoms with Crippen LogP contribution in [0.15, 0.2) is 42.5 Å². The van der Waals surface area contributed by atoms with Gasteiger partial charge in [0, 0.05) is 36.5 Å². The molecule has 32 heavy (non-hydrogen) atoms. The first-order chi connectivity index (χ1) is 15.4. The summed E-state index contributed by atoms with van der Waals surface area (Å²) >= 11 is 0. The van der Waals surface area contributed by atoms with E-state index >= 15 is 0 Å². The van der Waals surface area contributed by atoms with E-state index < -0.39 is 11.9 Å². The molecular weight excluding hydrogens is 410 g/mol. The Hall–Kier alpha value is -3.13. The molecule has 8 nitrogen and oxygen atoms in total. The third-order valence-corrected chi connectivity index (χ3v) is 6.07. The molecule has 0 spiro atoms. The van der Waals surface area contributed by atoms with Gasteiger partial charge in [-0.1, -0.05) is 31.0 Å². The number of likely N-dealkylation sites (tertiary alicyclic amines) is 1. The third kappa shape index (κ3) is 5.97. The number of hydrogen-bond acceptors (Lipinski definition) is 4. The topological polar surface area (TPSA) is 103 Å². The predicted octanol–water partition coefficient (Wildman–Crippen LogP) is 2.96.